The van der Waals surface area contributed by atoms with Crippen molar-refractivity contribution in [2.24, 2.45) is 0 Å². The monoisotopic (exact) mass is 275 g/mol. The van der Waals surface area contributed by atoms with Crippen LogP contribution in [0.1, 0.15) is 37.7 Å². The minimum atomic E-state index is -0.781. The molecule has 0 bridgehead atoms. The number of hydrogen-bond acceptors (Lipinski definition) is 3. The molecule has 0 radical (unpaired) electrons. The van der Waals surface area contributed by atoms with Crippen molar-refractivity contribution in [2.75, 3.05) is 0 Å². The zero-order chi connectivity index (χ0) is 14.2. The van der Waals surface area contributed by atoms with Crippen LogP contribution in [0.4, 0.5) is 0 Å². The fourth-order valence-corrected chi connectivity index (χ4v) is 2.92. The Morgan fingerprint density at radius 1 is 1.30 bits per heavy atom. The van der Waals surface area contributed by atoms with E-state index >= 15 is 0 Å². The van der Waals surface area contributed by atoms with Crippen LogP contribution in [-0.4, -0.2) is 28.8 Å². The molecule has 0 aromatic heterocycles. The summed E-state index contributed by atoms with van der Waals surface area (Å²) in [5.74, 6) is 0.0904. The van der Waals surface area contributed by atoms with Gasteiger partial charge >= 0.3 is 5.97 Å². The second-order valence-electron chi connectivity index (χ2n) is 6.10. The summed E-state index contributed by atoms with van der Waals surface area (Å²) in [5, 5.41) is 12.9. The third-order valence-corrected chi connectivity index (χ3v) is 4.26. The van der Waals surface area contributed by atoms with E-state index in [0.29, 0.717) is 18.9 Å². The van der Waals surface area contributed by atoms with Gasteiger partial charge in [0.1, 0.15) is 17.4 Å². The average Bonchev–Trinajstić information content (AvgIpc) is 3.12. The van der Waals surface area contributed by atoms with Gasteiger partial charge in [0, 0.05) is 12.5 Å². The molecule has 0 saturated heterocycles. The van der Waals surface area contributed by atoms with Crippen LogP contribution in [0.3, 0.4) is 0 Å². The van der Waals surface area contributed by atoms with E-state index in [-0.39, 0.29) is 6.10 Å². The Bertz CT molecular complexity index is 495. The molecule has 2 saturated carbocycles. The molecular formula is C16H21NO3. The van der Waals surface area contributed by atoms with Gasteiger partial charge in [0.2, 0.25) is 0 Å². The number of hydrogen-bond donors (Lipinski definition) is 2. The van der Waals surface area contributed by atoms with Gasteiger partial charge in [0.25, 0.3) is 0 Å². The van der Waals surface area contributed by atoms with Crippen molar-refractivity contribution >= 4 is 5.97 Å². The van der Waals surface area contributed by atoms with Crippen LogP contribution in [-0.2, 0) is 4.79 Å². The molecule has 2 atom stereocenters. The Kier molecular flexibility index (Phi) is 3.42. The van der Waals surface area contributed by atoms with E-state index in [1.807, 2.05) is 31.2 Å². The van der Waals surface area contributed by atoms with Crippen molar-refractivity contribution < 1.29 is 14.6 Å². The predicted molar refractivity (Wildman–Crippen MR) is 76.0 cm³/mol. The molecule has 4 heteroatoms. The summed E-state index contributed by atoms with van der Waals surface area (Å²) in [4.78, 5) is 11.6. The van der Waals surface area contributed by atoms with Gasteiger partial charge < -0.3 is 9.84 Å². The number of aliphatic carboxylic acids is 1. The molecule has 20 heavy (non-hydrogen) atoms. The van der Waals surface area contributed by atoms with Gasteiger partial charge in [0.05, 0.1) is 0 Å². The largest absolute Gasteiger partial charge is 0.490 e. The maximum absolute atomic E-state index is 11.6. The van der Waals surface area contributed by atoms with Gasteiger partial charge in [-0.25, -0.2) is 0 Å². The van der Waals surface area contributed by atoms with E-state index in [4.69, 9.17) is 4.74 Å². The van der Waals surface area contributed by atoms with Crippen molar-refractivity contribution in [3.63, 3.8) is 0 Å². The fraction of sp³-hybridized carbons (Fsp3) is 0.562. The molecule has 2 aliphatic rings. The molecule has 1 aromatic rings. The van der Waals surface area contributed by atoms with Crippen LogP contribution in [0, 0.1) is 6.92 Å². The Labute approximate surface area is 119 Å². The van der Waals surface area contributed by atoms with Crippen LogP contribution in [0.15, 0.2) is 24.3 Å². The summed E-state index contributed by atoms with van der Waals surface area (Å²) >= 11 is 0. The highest BCUT2D eigenvalue weighted by molar-refractivity contribution is 5.79. The topological polar surface area (TPSA) is 58.6 Å². The summed E-state index contributed by atoms with van der Waals surface area (Å²) in [7, 11) is 0. The molecule has 2 N–H and O–H groups in total. The highest BCUT2D eigenvalue weighted by atomic mass is 16.5. The summed E-state index contributed by atoms with van der Waals surface area (Å²) in [5.41, 5.74) is 0.412. The van der Waals surface area contributed by atoms with Crippen molar-refractivity contribution in [3.05, 3.63) is 29.8 Å². The van der Waals surface area contributed by atoms with Gasteiger partial charge in [-0.3, -0.25) is 10.1 Å². The van der Waals surface area contributed by atoms with Crippen LogP contribution in [0.5, 0.6) is 5.75 Å². The van der Waals surface area contributed by atoms with E-state index < -0.39 is 11.5 Å². The first kappa shape index (κ1) is 13.4. The predicted octanol–water partition coefficient (Wildman–Crippen LogP) is 2.50. The van der Waals surface area contributed by atoms with Gasteiger partial charge in [-0.05, 0) is 44.7 Å². The van der Waals surface area contributed by atoms with Crippen LogP contribution in [0.2, 0.25) is 0 Å². The lowest BCUT2D eigenvalue weighted by molar-refractivity contribution is -0.145. The van der Waals surface area contributed by atoms with Gasteiger partial charge in [-0.15, -0.1) is 0 Å². The van der Waals surface area contributed by atoms with Gasteiger partial charge in [0.15, 0.2) is 0 Å². The number of carboxylic acids is 1. The average molecular weight is 275 g/mol. The SMILES string of the molecule is Cc1ccc(OC2CCC(NC3CC3)(C(=O)O)C2)cc1. The minimum absolute atomic E-state index is 0.0138. The Morgan fingerprint density at radius 3 is 2.60 bits per heavy atom. The molecular weight excluding hydrogens is 254 g/mol. The highest BCUT2D eigenvalue weighted by Crippen LogP contribution is 2.36. The Morgan fingerprint density at radius 2 is 2.00 bits per heavy atom. The number of carbonyl (C=O) groups is 1. The zero-order valence-electron chi connectivity index (χ0n) is 11.8. The number of benzene rings is 1. The minimum Gasteiger partial charge on any atom is -0.490 e. The second kappa shape index (κ2) is 5.09. The molecule has 3 rings (SSSR count). The first-order valence-corrected chi connectivity index (χ1v) is 7.32. The summed E-state index contributed by atoms with van der Waals surface area (Å²) in [6.45, 7) is 2.04. The molecule has 2 aliphatic carbocycles. The van der Waals surface area contributed by atoms with Crippen molar-refractivity contribution in [3.8, 4) is 5.75 Å². The Balaban J connectivity index is 1.65. The third-order valence-electron chi connectivity index (χ3n) is 4.26. The molecule has 2 unspecified atom stereocenters. The van der Waals surface area contributed by atoms with E-state index in [2.05, 4.69) is 5.32 Å². The maximum atomic E-state index is 11.6. The first-order chi connectivity index (χ1) is 9.57. The standard InChI is InChI=1S/C16H21NO3/c1-11-2-6-13(7-3-11)20-14-8-9-16(10-14,15(18)19)17-12-4-5-12/h2-3,6-7,12,14,17H,4-5,8-10H2,1H3,(H,18,19). The zero-order valence-corrected chi connectivity index (χ0v) is 11.8. The van der Waals surface area contributed by atoms with E-state index in [1.165, 1.54) is 5.56 Å². The van der Waals surface area contributed by atoms with Crippen LogP contribution >= 0.6 is 0 Å². The van der Waals surface area contributed by atoms with E-state index in [9.17, 15) is 9.90 Å². The Hall–Kier alpha value is -1.55. The van der Waals surface area contributed by atoms with Gasteiger partial charge in [-0.1, -0.05) is 17.7 Å². The molecule has 1 aromatic carbocycles. The van der Waals surface area contributed by atoms with Crippen LogP contribution in [0.25, 0.3) is 0 Å². The number of ether oxygens (including phenoxy) is 1. The normalized spacial score (nSPS) is 29.4. The lowest BCUT2D eigenvalue weighted by atomic mass is 9.97. The molecule has 0 amide bonds. The maximum Gasteiger partial charge on any atom is 0.324 e. The van der Waals surface area contributed by atoms with Crippen LogP contribution < -0.4 is 10.1 Å². The highest BCUT2D eigenvalue weighted by Gasteiger charge is 2.48. The number of aryl methyl sites for hydroxylation is 1. The molecule has 108 valence electrons. The molecule has 0 spiro atoms. The van der Waals surface area contributed by atoms with Gasteiger partial charge in [-0.2, -0.15) is 0 Å². The summed E-state index contributed by atoms with van der Waals surface area (Å²) in [6, 6.07) is 8.31. The number of rotatable bonds is 5. The van der Waals surface area contributed by atoms with Crippen molar-refractivity contribution in [1.82, 2.24) is 5.32 Å². The van der Waals surface area contributed by atoms with E-state index in [1.54, 1.807) is 0 Å². The summed E-state index contributed by atoms with van der Waals surface area (Å²) < 4.78 is 5.93. The fourth-order valence-electron chi connectivity index (χ4n) is 2.92. The first-order valence-electron chi connectivity index (χ1n) is 7.32. The van der Waals surface area contributed by atoms with Crippen molar-refractivity contribution in [2.45, 2.75) is 56.7 Å². The lowest BCUT2D eigenvalue weighted by Gasteiger charge is -2.26. The third kappa shape index (κ3) is 2.80. The number of carboxylic acid groups (broad SMARTS) is 1. The molecule has 4 nitrogen and oxygen atoms in total. The smallest absolute Gasteiger partial charge is 0.324 e. The second-order valence-corrected chi connectivity index (χ2v) is 6.10. The molecule has 2 fully saturated rings. The van der Waals surface area contributed by atoms with E-state index in [0.717, 1.165) is 25.0 Å². The molecule has 0 aliphatic heterocycles. The molecule has 0 heterocycles. The van der Waals surface area contributed by atoms with Crippen molar-refractivity contribution in [1.29, 1.82) is 0 Å². The quantitative estimate of drug-likeness (QED) is 0.867. The summed E-state index contributed by atoms with van der Waals surface area (Å²) in [6.07, 6.45) is 4.17. The lowest BCUT2D eigenvalue weighted by Crippen LogP contribution is -2.51. The number of nitrogens with one attached hydrogen (secondary N) is 1.